The molecule has 1 aliphatic rings. The van der Waals surface area contributed by atoms with Gasteiger partial charge >= 0.3 is 7.25 Å². The lowest BCUT2D eigenvalue weighted by molar-refractivity contribution is -0.481. The van der Waals surface area contributed by atoms with Crippen LogP contribution in [-0.2, 0) is 0 Å². The molecular weight excluding hydrogens is 485 g/mol. The minimum Gasteiger partial charge on any atom is -0.418 e. The van der Waals surface area contributed by atoms with Crippen molar-refractivity contribution in [2.45, 2.75) is 6.92 Å². The van der Waals surface area contributed by atoms with Crippen molar-refractivity contribution in [3.05, 3.63) is 121 Å². The lowest BCUT2D eigenvalue weighted by atomic mass is 9.92. The Kier molecular flexibility index (Phi) is 5.75. The zero-order chi connectivity index (χ0) is 26.4. The van der Waals surface area contributed by atoms with Gasteiger partial charge in [0.05, 0.1) is 27.6 Å². The second kappa shape index (κ2) is 9.14. The van der Waals surface area contributed by atoms with Crippen molar-refractivity contribution in [2.24, 2.45) is 0 Å². The molecule has 0 aliphatic carbocycles. The molecule has 0 saturated carbocycles. The van der Waals surface area contributed by atoms with Crippen LogP contribution in [-0.4, -0.2) is 7.25 Å². The number of hydrogen-bond acceptors (Lipinski definition) is 0. The Hall–Kier alpha value is -4.45. The largest absolute Gasteiger partial charge is 0.673 e. The van der Waals surface area contributed by atoms with Crippen LogP contribution >= 0.6 is 0 Å². The van der Waals surface area contributed by atoms with Crippen molar-refractivity contribution < 1.29 is 21.7 Å². The third-order valence-corrected chi connectivity index (χ3v) is 6.93. The first-order valence-electron chi connectivity index (χ1n) is 12.3. The molecule has 38 heavy (non-hydrogen) atoms. The van der Waals surface area contributed by atoms with Crippen LogP contribution < -0.4 is 4.40 Å². The van der Waals surface area contributed by atoms with Crippen LogP contribution in [0, 0.1) is 6.92 Å². The van der Waals surface area contributed by atoms with Crippen molar-refractivity contribution in [1.82, 2.24) is 0 Å². The standard InChI is InChI=1S/C32H22N.BF4/c1-21-20-28(22-12-4-2-5-13-22)31-25-17-9-8-16-24(25)29(23-14-6-3-7-15-23)32-27-19-11-10-18-26(27)30(21)33(31)32;2-1(3,4)5/h2-20H,1H3;/q+1;-1. The zero-order valence-electron chi connectivity index (χ0n) is 20.5. The maximum Gasteiger partial charge on any atom is 0.673 e. The van der Waals surface area contributed by atoms with E-state index >= 15 is 0 Å². The predicted octanol–water partition coefficient (Wildman–Crippen LogP) is 9.17. The van der Waals surface area contributed by atoms with E-state index in [1.54, 1.807) is 0 Å². The predicted molar refractivity (Wildman–Crippen MR) is 147 cm³/mol. The molecule has 0 saturated heterocycles. The molecule has 0 bridgehead atoms. The van der Waals surface area contributed by atoms with Crippen LogP contribution in [0.5, 0.6) is 0 Å². The van der Waals surface area contributed by atoms with E-state index in [-0.39, 0.29) is 0 Å². The second-order valence-corrected chi connectivity index (χ2v) is 9.32. The number of nitrogens with zero attached hydrogens (tertiary/aromatic N) is 1. The SMILES string of the molecule is Cc1cc(-c2ccccc2)c2c3ccccc3c(-c3ccccc3)c3[n+]2c1-c1ccccc1-3.F[B-](F)(F)F. The summed E-state index contributed by atoms with van der Waals surface area (Å²) in [7, 11) is -6.00. The van der Waals surface area contributed by atoms with Crippen LogP contribution in [0.1, 0.15) is 5.56 Å². The molecule has 6 aromatic rings. The van der Waals surface area contributed by atoms with E-state index in [1.165, 1.54) is 66.6 Å². The van der Waals surface area contributed by atoms with Gasteiger partial charge in [0.25, 0.3) is 0 Å². The number of aryl methyl sites for hydroxylation is 1. The van der Waals surface area contributed by atoms with E-state index in [0.717, 1.165) is 0 Å². The third-order valence-electron chi connectivity index (χ3n) is 6.93. The first-order chi connectivity index (χ1) is 18.3. The Balaban J connectivity index is 0.000000487. The van der Waals surface area contributed by atoms with Gasteiger partial charge in [-0.2, -0.15) is 4.40 Å². The first-order valence-corrected chi connectivity index (χ1v) is 12.3. The molecule has 0 unspecified atom stereocenters. The lowest BCUT2D eigenvalue weighted by Crippen LogP contribution is -2.27. The van der Waals surface area contributed by atoms with Gasteiger partial charge in [-0.25, -0.2) is 0 Å². The van der Waals surface area contributed by atoms with Crippen molar-refractivity contribution in [2.75, 3.05) is 0 Å². The van der Waals surface area contributed by atoms with E-state index in [1.807, 2.05) is 0 Å². The van der Waals surface area contributed by atoms with E-state index in [9.17, 15) is 17.3 Å². The lowest BCUT2D eigenvalue weighted by Gasteiger charge is -2.13. The molecule has 4 aromatic carbocycles. The number of halogens is 4. The maximum atomic E-state index is 9.75. The Morgan fingerprint density at radius 3 is 1.61 bits per heavy atom. The van der Waals surface area contributed by atoms with Gasteiger partial charge in [-0.05, 0) is 42.3 Å². The average molecular weight is 507 g/mol. The zero-order valence-corrected chi connectivity index (χ0v) is 20.5. The number of rotatable bonds is 2. The minimum absolute atomic E-state index is 1.25. The Bertz CT molecular complexity index is 1810. The monoisotopic (exact) mass is 507 g/mol. The quantitative estimate of drug-likeness (QED) is 0.0951. The summed E-state index contributed by atoms with van der Waals surface area (Å²) in [6.07, 6.45) is 0. The summed E-state index contributed by atoms with van der Waals surface area (Å²) in [4.78, 5) is 0. The number of pyridine rings is 2. The highest BCUT2D eigenvalue weighted by atomic mass is 19.5. The van der Waals surface area contributed by atoms with Gasteiger partial charge in [-0.15, -0.1) is 0 Å². The minimum atomic E-state index is -6.00. The molecular formula is C32H22BF4N. The highest BCUT2D eigenvalue weighted by Crippen LogP contribution is 2.47. The van der Waals surface area contributed by atoms with Gasteiger partial charge in [0, 0.05) is 10.9 Å². The van der Waals surface area contributed by atoms with Crippen molar-refractivity contribution >= 4 is 23.5 Å². The molecule has 0 atom stereocenters. The van der Waals surface area contributed by atoms with E-state index in [4.69, 9.17) is 0 Å². The highest BCUT2D eigenvalue weighted by Gasteiger charge is 2.38. The molecule has 6 heteroatoms. The van der Waals surface area contributed by atoms with Gasteiger partial charge in [0.2, 0.25) is 16.9 Å². The smallest absolute Gasteiger partial charge is 0.418 e. The van der Waals surface area contributed by atoms with Crippen LogP contribution in [0.25, 0.3) is 61.1 Å². The fourth-order valence-electron chi connectivity index (χ4n) is 5.62. The summed E-state index contributed by atoms with van der Waals surface area (Å²) in [5.41, 5.74) is 12.9. The molecule has 7 rings (SSSR count). The summed E-state index contributed by atoms with van der Waals surface area (Å²) in [6, 6.07) is 41.8. The van der Waals surface area contributed by atoms with Gasteiger partial charge in [0.1, 0.15) is 0 Å². The number of fused-ring (bicyclic) bond motifs is 5. The van der Waals surface area contributed by atoms with E-state index in [2.05, 4.69) is 127 Å². The Morgan fingerprint density at radius 1 is 0.526 bits per heavy atom. The third kappa shape index (κ3) is 4.02. The van der Waals surface area contributed by atoms with Crippen LogP contribution in [0.2, 0.25) is 0 Å². The van der Waals surface area contributed by atoms with E-state index in [0.29, 0.717) is 0 Å². The summed E-state index contributed by atoms with van der Waals surface area (Å²) in [6.45, 7) is 2.25. The summed E-state index contributed by atoms with van der Waals surface area (Å²) in [5, 5.41) is 2.58. The molecule has 0 amide bonds. The summed E-state index contributed by atoms with van der Waals surface area (Å²) < 4.78 is 41.5. The number of hydrogen-bond donors (Lipinski definition) is 0. The molecule has 0 spiro atoms. The van der Waals surface area contributed by atoms with Gasteiger partial charge in [0.15, 0.2) is 0 Å². The maximum absolute atomic E-state index is 9.75. The van der Waals surface area contributed by atoms with Crippen LogP contribution in [0.4, 0.5) is 17.3 Å². The number of benzene rings is 4. The van der Waals surface area contributed by atoms with E-state index < -0.39 is 7.25 Å². The Labute approximate surface area is 217 Å². The molecule has 1 aliphatic heterocycles. The molecule has 186 valence electrons. The van der Waals surface area contributed by atoms with Gasteiger partial charge in [-0.1, -0.05) is 91.0 Å². The fourth-order valence-corrected chi connectivity index (χ4v) is 5.62. The average Bonchev–Trinajstić information content (AvgIpc) is 3.26. The molecule has 2 aromatic heterocycles. The molecule has 0 radical (unpaired) electrons. The summed E-state index contributed by atoms with van der Waals surface area (Å²) >= 11 is 0. The molecule has 3 heterocycles. The number of aromatic nitrogens is 1. The molecule has 0 fully saturated rings. The normalized spacial score (nSPS) is 11.8. The fraction of sp³-hybridized carbons (Fsp3) is 0.0312. The van der Waals surface area contributed by atoms with Gasteiger partial charge < -0.3 is 17.3 Å². The topological polar surface area (TPSA) is 4.10 Å². The van der Waals surface area contributed by atoms with Gasteiger partial charge in [-0.3, -0.25) is 0 Å². The highest BCUT2D eigenvalue weighted by molar-refractivity contribution is 6.50. The summed E-state index contributed by atoms with van der Waals surface area (Å²) in [5.74, 6) is 0. The van der Waals surface area contributed by atoms with Crippen LogP contribution in [0.3, 0.4) is 0 Å². The van der Waals surface area contributed by atoms with Crippen molar-refractivity contribution in [1.29, 1.82) is 0 Å². The van der Waals surface area contributed by atoms with Crippen molar-refractivity contribution in [3.63, 3.8) is 0 Å². The Morgan fingerprint density at radius 2 is 1.00 bits per heavy atom. The molecule has 1 nitrogen and oxygen atoms in total. The molecule has 0 N–H and O–H groups in total. The van der Waals surface area contributed by atoms with Crippen LogP contribution in [0.15, 0.2) is 115 Å². The van der Waals surface area contributed by atoms with Crippen molar-refractivity contribution in [3.8, 4) is 44.8 Å². The second-order valence-electron chi connectivity index (χ2n) is 9.32. The first kappa shape index (κ1) is 23.9.